The first-order valence-electron chi connectivity index (χ1n) is 8.55. The monoisotopic (exact) mass is 315 g/mol. The van der Waals surface area contributed by atoms with Gasteiger partial charge < -0.3 is 10.6 Å². The summed E-state index contributed by atoms with van der Waals surface area (Å²) in [5, 5.41) is 25.4. The van der Waals surface area contributed by atoms with Crippen LogP contribution in [-0.4, -0.2) is 27.3 Å². The molecule has 1 aliphatic rings. The quantitative estimate of drug-likeness (QED) is 0.892. The van der Waals surface area contributed by atoms with Crippen molar-refractivity contribution in [3.05, 3.63) is 16.8 Å². The van der Waals surface area contributed by atoms with E-state index in [1.54, 1.807) is 0 Å². The molecule has 0 bridgehead atoms. The average molecular weight is 315 g/mol. The molecule has 1 aliphatic heterocycles. The lowest BCUT2D eigenvalue weighted by Crippen LogP contribution is -2.60. The number of aromatic nitrogens is 2. The van der Waals surface area contributed by atoms with Crippen LogP contribution in [0.2, 0.25) is 0 Å². The Morgan fingerprint density at radius 1 is 1.13 bits per heavy atom. The lowest BCUT2D eigenvalue weighted by Gasteiger charge is -2.46. The molecule has 2 heterocycles. The highest BCUT2D eigenvalue weighted by Crippen LogP contribution is 2.31. The van der Waals surface area contributed by atoms with Crippen LogP contribution in [0.1, 0.15) is 71.2 Å². The summed E-state index contributed by atoms with van der Waals surface area (Å²) in [6.07, 6.45) is 3.58. The number of piperidine rings is 1. The summed E-state index contributed by atoms with van der Waals surface area (Å²) in [5.41, 5.74) is 2.72. The molecular formula is C18H29N5. The van der Waals surface area contributed by atoms with E-state index in [0.717, 1.165) is 36.9 Å². The fourth-order valence-corrected chi connectivity index (χ4v) is 4.01. The van der Waals surface area contributed by atoms with Crippen molar-refractivity contribution < 1.29 is 0 Å². The molecule has 2 rings (SSSR count). The Kier molecular flexibility index (Phi) is 4.95. The highest BCUT2D eigenvalue weighted by molar-refractivity contribution is 5.57. The molecule has 0 spiro atoms. The van der Waals surface area contributed by atoms with Gasteiger partial charge in [-0.05, 0) is 58.9 Å². The largest absolute Gasteiger partial charge is 0.365 e. The van der Waals surface area contributed by atoms with E-state index in [9.17, 15) is 5.26 Å². The van der Waals surface area contributed by atoms with Gasteiger partial charge in [0.2, 0.25) is 0 Å². The number of nitrogens with one attached hydrogen (secondary N) is 2. The maximum Gasteiger partial charge on any atom is 0.167 e. The second-order valence-electron chi connectivity index (χ2n) is 7.81. The van der Waals surface area contributed by atoms with Crippen LogP contribution in [0.3, 0.4) is 0 Å². The van der Waals surface area contributed by atoms with Crippen LogP contribution in [-0.2, 0) is 12.8 Å². The van der Waals surface area contributed by atoms with Gasteiger partial charge in [0.15, 0.2) is 5.82 Å². The minimum absolute atomic E-state index is 0.0522. The van der Waals surface area contributed by atoms with Gasteiger partial charge in [-0.3, -0.25) is 0 Å². The Bertz CT molecular complexity index is 597. The van der Waals surface area contributed by atoms with Crippen LogP contribution in [0.5, 0.6) is 0 Å². The van der Waals surface area contributed by atoms with Crippen LogP contribution >= 0.6 is 0 Å². The van der Waals surface area contributed by atoms with Crippen molar-refractivity contribution >= 4 is 5.82 Å². The lowest BCUT2D eigenvalue weighted by atomic mass is 9.79. The van der Waals surface area contributed by atoms with Gasteiger partial charge >= 0.3 is 0 Å². The van der Waals surface area contributed by atoms with Crippen LogP contribution < -0.4 is 10.6 Å². The van der Waals surface area contributed by atoms with E-state index in [1.807, 2.05) is 0 Å². The van der Waals surface area contributed by atoms with Crippen molar-refractivity contribution in [2.24, 2.45) is 0 Å². The Labute approximate surface area is 139 Å². The van der Waals surface area contributed by atoms with Crippen LogP contribution in [0.15, 0.2) is 0 Å². The van der Waals surface area contributed by atoms with E-state index in [-0.39, 0.29) is 17.1 Å². The van der Waals surface area contributed by atoms with Gasteiger partial charge in [-0.15, -0.1) is 5.10 Å². The molecule has 1 saturated heterocycles. The summed E-state index contributed by atoms with van der Waals surface area (Å²) >= 11 is 0. The van der Waals surface area contributed by atoms with Crippen molar-refractivity contribution in [2.75, 3.05) is 5.32 Å². The predicted octanol–water partition coefficient (Wildman–Crippen LogP) is 3.19. The number of anilines is 1. The maximum atomic E-state index is 9.62. The second kappa shape index (κ2) is 6.45. The zero-order valence-corrected chi connectivity index (χ0v) is 15.2. The van der Waals surface area contributed by atoms with Gasteiger partial charge in [0.05, 0.1) is 5.69 Å². The first-order valence-corrected chi connectivity index (χ1v) is 8.55. The highest BCUT2D eigenvalue weighted by atomic mass is 15.2. The molecule has 0 saturated carbocycles. The molecule has 23 heavy (non-hydrogen) atoms. The standard InChI is InChI=1S/C18H29N5/c1-7-13-14(11-19)16(22-21-15(13)8-2)20-12-9-17(3,4)23-18(5,6)10-12/h12,23H,7-10H2,1-6H3,(H,20,22). The Hall–Kier alpha value is -1.67. The van der Waals surface area contributed by atoms with Gasteiger partial charge in [0.25, 0.3) is 0 Å². The summed E-state index contributed by atoms with van der Waals surface area (Å²) in [4.78, 5) is 0. The number of nitrogens with zero attached hydrogens (tertiary/aromatic N) is 3. The molecule has 5 nitrogen and oxygen atoms in total. The highest BCUT2D eigenvalue weighted by Gasteiger charge is 2.38. The van der Waals surface area contributed by atoms with Gasteiger partial charge in [-0.1, -0.05) is 13.8 Å². The zero-order valence-electron chi connectivity index (χ0n) is 15.2. The average Bonchev–Trinajstić information content (AvgIpc) is 2.43. The van der Waals surface area contributed by atoms with Crippen molar-refractivity contribution in [1.29, 1.82) is 5.26 Å². The number of hydrogen-bond acceptors (Lipinski definition) is 5. The fourth-order valence-electron chi connectivity index (χ4n) is 4.01. The van der Waals surface area contributed by atoms with Crippen LogP contribution in [0.4, 0.5) is 5.82 Å². The van der Waals surface area contributed by atoms with E-state index in [2.05, 4.69) is 68.4 Å². The van der Waals surface area contributed by atoms with E-state index < -0.39 is 0 Å². The second-order valence-corrected chi connectivity index (χ2v) is 7.81. The van der Waals surface area contributed by atoms with Crippen molar-refractivity contribution in [3.63, 3.8) is 0 Å². The van der Waals surface area contributed by atoms with E-state index >= 15 is 0 Å². The summed E-state index contributed by atoms with van der Waals surface area (Å²) < 4.78 is 0. The minimum Gasteiger partial charge on any atom is -0.365 e. The van der Waals surface area contributed by atoms with Gasteiger partial charge in [0, 0.05) is 17.1 Å². The lowest BCUT2D eigenvalue weighted by molar-refractivity contribution is 0.170. The molecule has 1 fully saturated rings. The van der Waals surface area contributed by atoms with Crippen molar-refractivity contribution in [2.45, 2.75) is 84.3 Å². The third-order valence-corrected chi connectivity index (χ3v) is 4.49. The first-order chi connectivity index (χ1) is 10.7. The van der Waals surface area contributed by atoms with Crippen molar-refractivity contribution in [3.8, 4) is 6.07 Å². The molecule has 1 aromatic heterocycles. The fraction of sp³-hybridized carbons (Fsp3) is 0.722. The van der Waals surface area contributed by atoms with Crippen LogP contribution in [0, 0.1) is 11.3 Å². The zero-order chi connectivity index (χ0) is 17.3. The Morgan fingerprint density at radius 2 is 1.74 bits per heavy atom. The summed E-state index contributed by atoms with van der Waals surface area (Å²) in [6, 6.07) is 2.62. The molecule has 1 aromatic rings. The minimum atomic E-state index is 0.0522. The predicted molar refractivity (Wildman–Crippen MR) is 93.4 cm³/mol. The van der Waals surface area contributed by atoms with E-state index in [1.165, 1.54) is 0 Å². The Balaban J connectivity index is 2.32. The topological polar surface area (TPSA) is 73.6 Å². The van der Waals surface area contributed by atoms with E-state index in [4.69, 9.17) is 0 Å². The summed E-state index contributed by atoms with van der Waals surface area (Å²) in [6.45, 7) is 13.0. The molecule has 2 N–H and O–H groups in total. The number of rotatable bonds is 4. The molecule has 0 unspecified atom stereocenters. The molecule has 0 amide bonds. The molecule has 5 heteroatoms. The number of hydrogen-bond donors (Lipinski definition) is 2. The number of nitriles is 1. The third kappa shape index (κ3) is 4.00. The van der Waals surface area contributed by atoms with E-state index in [0.29, 0.717) is 11.4 Å². The molecule has 0 aromatic carbocycles. The Morgan fingerprint density at radius 3 is 2.22 bits per heavy atom. The number of aryl methyl sites for hydroxylation is 1. The molecule has 126 valence electrons. The first kappa shape index (κ1) is 17.7. The smallest absolute Gasteiger partial charge is 0.167 e. The molecule has 0 radical (unpaired) electrons. The molecule has 0 atom stereocenters. The summed E-state index contributed by atoms with van der Waals surface area (Å²) in [5.74, 6) is 0.639. The van der Waals surface area contributed by atoms with Gasteiger partial charge in [-0.25, -0.2) is 0 Å². The normalized spacial score (nSPS) is 20.0. The third-order valence-electron chi connectivity index (χ3n) is 4.49. The van der Waals surface area contributed by atoms with Gasteiger partial charge in [0.1, 0.15) is 11.6 Å². The maximum absolute atomic E-state index is 9.62. The van der Waals surface area contributed by atoms with Crippen LogP contribution in [0.25, 0.3) is 0 Å². The summed E-state index contributed by atoms with van der Waals surface area (Å²) in [7, 11) is 0. The van der Waals surface area contributed by atoms with Crippen molar-refractivity contribution in [1.82, 2.24) is 15.5 Å². The molecular weight excluding hydrogens is 286 g/mol. The van der Waals surface area contributed by atoms with Gasteiger partial charge in [-0.2, -0.15) is 10.4 Å². The molecule has 0 aliphatic carbocycles. The SMILES string of the molecule is CCc1nnc(NC2CC(C)(C)NC(C)(C)C2)c(C#N)c1CC.